The Hall–Kier alpha value is -2.26. The average molecular weight is 449 g/mol. The zero-order chi connectivity index (χ0) is 23.0. The number of amides is 1. The van der Waals surface area contributed by atoms with Crippen molar-refractivity contribution in [1.29, 1.82) is 0 Å². The van der Waals surface area contributed by atoms with E-state index >= 15 is 0 Å². The number of hydrogen-bond acceptors (Lipinski definition) is 5. The third-order valence-electron chi connectivity index (χ3n) is 4.83. The standard InChI is InChI=1S/C23H32N2O5S/c1-17(2)14-25(31(29,30)21-11-7-10-20(12-21)16-26)15-23(28)22(24-18(3)27)13-19-8-5-4-6-9-19/h4-12,17,22-23,26,28H,13-16H2,1-3H3,(H,24,27)/t22-,23+/m0/s1. The van der Waals surface area contributed by atoms with Gasteiger partial charge in [0, 0.05) is 20.0 Å². The largest absolute Gasteiger partial charge is 0.392 e. The van der Waals surface area contributed by atoms with Gasteiger partial charge in [-0.05, 0) is 35.6 Å². The minimum atomic E-state index is -3.91. The van der Waals surface area contributed by atoms with Crippen LogP contribution in [-0.2, 0) is 27.8 Å². The summed E-state index contributed by atoms with van der Waals surface area (Å²) < 4.78 is 27.9. The molecular weight excluding hydrogens is 416 g/mol. The van der Waals surface area contributed by atoms with E-state index in [1.54, 1.807) is 12.1 Å². The van der Waals surface area contributed by atoms with E-state index < -0.39 is 22.2 Å². The number of benzene rings is 2. The van der Waals surface area contributed by atoms with Gasteiger partial charge >= 0.3 is 0 Å². The van der Waals surface area contributed by atoms with Crippen LogP contribution in [0.25, 0.3) is 0 Å². The average Bonchev–Trinajstić information content (AvgIpc) is 2.73. The Kier molecular flexibility index (Phi) is 9.18. The van der Waals surface area contributed by atoms with E-state index in [1.807, 2.05) is 44.2 Å². The molecule has 0 fully saturated rings. The van der Waals surface area contributed by atoms with Crippen molar-refractivity contribution in [3.05, 3.63) is 65.7 Å². The predicted octanol–water partition coefficient (Wildman–Crippen LogP) is 1.93. The Morgan fingerprint density at radius 2 is 1.68 bits per heavy atom. The molecule has 0 saturated carbocycles. The summed E-state index contributed by atoms with van der Waals surface area (Å²) in [5.41, 5.74) is 1.42. The van der Waals surface area contributed by atoms with Gasteiger partial charge in [-0.1, -0.05) is 56.3 Å². The highest BCUT2D eigenvalue weighted by Gasteiger charge is 2.31. The first-order chi connectivity index (χ1) is 14.6. The molecule has 2 atom stereocenters. The number of sulfonamides is 1. The summed E-state index contributed by atoms with van der Waals surface area (Å²) in [7, 11) is -3.91. The second-order valence-corrected chi connectivity index (χ2v) is 10.0. The van der Waals surface area contributed by atoms with Crippen LogP contribution in [0.5, 0.6) is 0 Å². The first-order valence-electron chi connectivity index (χ1n) is 10.3. The summed E-state index contributed by atoms with van der Waals surface area (Å²) in [4.78, 5) is 11.8. The quantitative estimate of drug-likeness (QED) is 0.487. The molecule has 0 bridgehead atoms. The fraction of sp³-hybridized carbons (Fsp3) is 0.435. The molecule has 2 rings (SSSR count). The van der Waals surface area contributed by atoms with Gasteiger partial charge in [-0.2, -0.15) is 4.31 Å². The molecule has 8 heteroatoms. The molecule has 3 N–H and O–H groups in total. The van der Waals surface area contributed by atoms with Crippen LogP contribution < -0.4 is 5.32 Å². The Morgan fingerprint density at radius 1 is 1.03 bits per heavy atom. The van der Waals surface area contributed by atoms with Gasteiger partial charge in [-0.15, -0.1) is 0 Å². The smallest absolute Gasteiger partial charge is 0.243 e. The van der Waals surface area contributed by atoms with Crippen molar-refractivity contribution in [2.45, 2.75) is 50.8 Å². The molecule has 7 nitrogen and oxygen atoms in total. The normalized spacial score (nSPS) is 13.9. The molecule has 0 aliphatic carbocycles. The SMILES string of the molecule is CC(=O)N[C@@H](Cc1ccccc1)[C@H](O)CN(CC(C)C)S(=O)(=O)c1cccc(CO)c1. The molecular formula is C23H32N2O5S. The van der Waals surface area contributed by atoms with Gasteiger partial charge in [0.1, 0.15) is 0 Å². The first kappa shape index (κ1) is 25.0. The fourth-order valence-corrected chi connectivity index (χ4v) is 5.07. The molecule has 0 aliphatic rings. The monoisotopic (exact) mass is 448 g/mol. The van der Waals surface area contributed by atoms with Crippen molar-refractivity contribution in [2.24, 2.45) is 5.92 Å². The molecule has 0 aromatic heterocycles. The topological polar surface area (TPSA) is 107 Å². The van der Waals surface area contributed by atoms with Crippen LogP contribution in [0.1, 0.15) is 31.9 Å². The van der Waals surface area contributed by atoms with Crippen molar-refractivity contribution < 1.29 is 23.4 Å². The highest BCUT2D eigenvalue weighted by molar-refractivity contribution is 7.89. The number of hydrogen-bond donors (Lipinski definition) is 3. The molecule has 0 heterocycles. The lowest BCUT2D eigenvalue weighted by Gasteiger charge is -2.30. The maximum absolute atomic E-state index is 13.3. The van der Waals surface area contributed by atoms with Gasteiger partial charge in [0.25, 0.3) is 0 Å². The minimum Gasteiger partial charge on any atom is -0.392 e. The van der Waals surface area contributed by atoms with E-state index in [4.69, 9.17) is 0 Å². The lowest BCUT2D eigenvalue weighted by atomic mass is 10.0. The number of carbonyl (C=O) groups is 1. The maximum Gasteiger partial charge on any atom is 0.243 e. The van der Waals surface area contributed by atoms with Crippen molar-refractivity contribution in [2.75, 3.05) is 13.1 Å². The second kappa shape index (κ2) is 11.4. The van der Waals surface area contributed by atoms with E-state index in [0.29, 0.717) is 12.0 Å². The lowest BCUT2D eigenvalue weighted by Crippen LogP contribution is -2.50. The summed E-state index contributed by atoms with van der Waals surface area (Å²) in [6, 6.07) is 14.9. The van der Waals surface area contributed by atoms with Crippen LogP contribution in [-0.4, -0.2) is 54.1 Å². The Labute approximate surface area is 184 Å². The number of carbonyl (C=O) groups excluding carboxylic acids is 1. The Morgan fingerprint density at radius 3 is 2.26 bits per heavy atom. The van der Waals surface area contributed by atoms with Crippen LogP contribution in [0.4, 0.5) is 0 Å². The van der Waals surface area contributed by atoms with Gasteiger partial charge in [-0.25, -0.2) is 8.42 Å². The van der Waals surface area contributed by atoms with Crippen LogP contribution >= 0.6 is 0 Å². The van der Waals surface area contributed by atoms with E-state index in [9.17, 15) is 23.4 Å². The molecule has 2 aromatic carbocycles. The summed E-state index contributed by atoms with van der Waals surface area (Å²) in [5, 5.41) is 23.1. The number of aliphatic hydroxyl groups excluding tert-OH is 2. The molecule has 2 aromatic rings. The molecule has 1 amide bonds. The maximum atomic E-state index is 13.3. The van der Waals surface area contributed by atoms with Crippen LogP contribution in [0.15, 0.2) is 59.5 Å². The molecule has 0 aliphatic heterocycles. The third kappa shape index (κ3) is 7.43. The number of nitrogens with one attached hydrogen (secondary N) is 1. The summed E-state index contributed by atoms with van der Waals surface area (Å²) in [5.74, 6) is -0.273. The van der Waals surface area contributed by atoms with E-state index in [1.165, 1.54) is 23.4 Å². The van der Waals surface area contributed by atoms with E-state index in [0.717, 1.165) is 5.56 Å². The second-order valence-electron chi connectivity index (χ2n) is 8.09. The van der Waals surface area contributed by atoms with Crippen molar-refractivity contribution in [3.8, 4) is 0 Å². The molecule has 0 radical (unpaired) electrons. The van der Waals surface area contributed by atoms with E-state index in [-0.39, 0.29) is 36.4 Å². The zero-order valence-electron chi connectivity index (χ0n) is 18.2. The first-order valence-corrected chi connectivity index (χ1v) is 11.8. The number of rotatable bonds is 11. The Balaban J connectivity index is 2.30. The Bertz CT molecular complexity index is 947. The summed E-state index contributed by atoms with van der Waals surface area (Å²) in [6.45, 7) is 4.94. The van der Waals surface area contributed by atoms with Crippen molar-refractivity contribution in [3.63, 3.8) is 0 Å². The molecule has 0 unspecified atom stereocenters. The highest BCUT2D eigenvalue weighted by Crippen LogP contribution is 2.20. The molecule has 170 valence electrons. The summed E-state index contributed by atoms with van der Waals surface area (Å²) >= 11 is 0. The molecule has 0 saturated heterocycles. The fourth-order valence-electron chi connectivity index (χ4n) is 3.38. The van der Waals surface area contributed by atoms with Crippen LogP contribution in [0.2, 0.25) is 0 Å². The van der Waals surface area contributed by atoms with Gasteiger partial charge in [0.2, 0.25) is 15.9 Å². The molecule has 0 spiro atoms. The zero-order valence-corrected chi connectivity index (χ0v) is 19.0. The molecule has 31 heavy (non-hydrogen) atoms. The number of aliphatic hydroxyl groups is 2. The van der Waals surface area contributed by atoms with E-state index in [2.05, 4.69) is 5.32 Å². The van der Waals surface area contributed by atoms with Crippen molar-refractivity contribution >= 4 is 15.9 Å². The predicted molar refractivity (Wildman–Crippen MR) is 120 cm³/mol. The van der Waals surface area contributed by atoms with Gasteiger partial charge < -0.3 is 15.5 Å². The lowest BCUT2D eigenvalue weighted by molar-refractivity contribution is -0.120. The number of nitrogens with zero attached hydrogens (tertiary/aromatic N) is 1. The van der Waals surface area contributed by atoms with Gasteiger partial charge in [-0.3, -0.25) is 4.79 Å². The third-order valence-corrected chi connectivity index (χ3v) is 6.66. The van der Waals surface area contributed by atoms with Crippen molar-refractivity contribution in [1.82, 2.24) is 9.62 Å². The van der Waals surface area contributed by atoms with Gasteiger partial charge in [0.05, 0.1) is 23.6 Å². The summed E-state index contributed by atoms with van der Waals surface area (Å²) in [6.07, 6.45) is -0.740. The van der Waals surface area contributed by atoms with Gasteiger partial charge in [0.15, 0.2) is 0 Å². The van der Waals surface area contributed by atoms with Crippen LogP contribution in [0.3, 0.4) is 0 Å². The minimum absolute atomic E-state index is 0.0244. The highest BCUT2D eigenvalue weighted by atomic mass is 32.2. The van der Waals surface area contributed by atoms with Crippen LogP contribution in [0, 0.1) is 5.92 Å².